The highest BCUT2D eigenvalue weighted by molar-refractivity contribution is 5.83. The molecule has 4 aliphatic rings. The van der Waals surface area contributed by atoms with E-state index in [4.69, 9.17) is 4.42 Å². The molecule has 126 valence electrons. The number of amides is 1. The Morgan fingerprint density at radius 2 is 1.83 bits per heavy atom. The molecule has 0 radical (unpaired) electrons. The van der Waals surface area contributed by atoms with Gasteiger partial charge < -0.3 is 9.73 Å². The number of hydrogen-bond acceptors (Lipinski definition) is 2. The summed E-state index contributed by atoms with van der Waals surface area (Å²) in [4.78, 5) is 13.2. The van der Waals surface area contributed by atoms with Gasteiger partial charge in [0.15, 0.2) is 0 Å². The number of hydrogen-bond donors (Lipinski definition) is 1. The minimum atomic E-state index is -0.140. The van der Waals surface area contributed by atoms with Gasteiger partial charge in [-0.15, -0.1) is 0 Å². The molecule has 4 saturated carbocycles. The number of carbonyl (C=O) groups is 1. The Bertz CT molecular complexity index is 628. The van der Waals surface area contributed by atoms with Gasteiger partial charge in [0, 0.05) is 0 Å². The van der Waals surface area contributed by atoms with Gasteiger partial charge in [0.2, 0.25) is 5.91 Å². The van der Waals surface area contributed by atoms with Crippen molar-refractivity contribution >= 4 is 5.91 Å². The molecule has 0 aliphatic heterocycles. The van der Waals surface area contributed by atoms with Gasteiger partial charge in [-0.05, 0) is 81.3 Å². The maximum atomic E-state index is 13.2. The second kappa shape index (κ2) is 4.64. The summed E-state index contributed by atoms with van der Waals surface area (Å²) < 4.78 is 5.69. The fourth-order valence-electron chi connectivity index (χ4n) is 6.81. The molecule has 3 heteroatoms. The topological polar surface area (TPSA) is 42.2 Å². The molecule has 3 nitrogen and oxygen atoms in total. The lowest BCUT2D eigenvalue weighted by Crippen LogP contribution is -2.60. The average Bonchev–Trinajstić information content (AvgIpc) is 2.81. The van der Waals surface area contributed by atoms with E-state index in [2.05, 4.69) is 19.2 Å². The first-order valence-corrected chi connectivity index (χ1v) is 9.08. The van der Waals surface area contributed by atoms with Crippen molar-refractivity contribution in [2.45, 2.75) is 72.3 Å². The molecular formula is C20H29NO2. The van der Waals surface area contributed by atoms with E-state index in [1.807, 2.05) is 26.0 Å². The van der Waals surface area contributed by atoms with Crippen LogP contribution in [0.1, 0.15) is 76.9 Å². The van der Waals surface area contributed by atoms with Crippen LogP contribution in [0, 0.1) is 29.1 Å². The largest absolute Gasteiger partial charge is 0.464 e. The predicted molar refractivity (Wildman–Crippen MR) is 89.8 cm³/mol. The summed E-state index contributed by atoms with van der Waals surface area (Å²) in [6, 6.07) is 3.89. The Labute approximate surface area is 139 Å². The van der Waals surface area contributed by atoms with Crippen LogP contribution in [0.3, 0.4) is 0 Å². The van der Waals surface area contributed by atoms with Crippen molar-refractivity contribution in [2.75, 3.05) is 0 Å². The quantitative estimate of drug-likeness (QED) is 0.873. The first-order valence-electron chi connectivity index (χ1n) is 9.08. The second-order valence-corrected chi connectivity index (χ2v) is 9.55. The summed E-state index contributed by atoms with van der Waals surface area (Å²) in [7, 11) is 0. The van der Waals surface area contributed by atoms with Crippen LogP contribution < -0.4 is 5.32 Å². The van der Waals surface area contributed by atoms with Gasteiger partial charge in [-0.1, -0.05) is 13.8 Å². The molecule has 3 unspecified atom stereocenters. The summed E-state index contributed by atoms with van der Waals surface area (Å²) in [5.74, 6) is 2.77. The van der Waals surface area contributed by atoms with E-state index in [0.717, 1.165) is 36.7 Å². The van der Waals surface area contributed by atoms with E-state index in [9.17, 15) is 4.79 Å². The van der Waals surface area contributed by atoms with Crippen LogP contribution in [0.4, 0.5) is 0 Å². The van der Waals surface area contributed by atoms with Crippen molar-refractivity contribution in [3.05, 3.63) is 23.7 Å². The highest BCUT2D eigenvalue weighted by Crippen LogP contribution is 2.69. The van der Waals surface area contributed by atoms with Crippen LogP contribution in [0.25, 0.3) is 0 Å². The summed E-state index contributed by atoms with van der Waals surface area (Å²) in [5.41, 5.74) is 0.602. The highest BCUT2D eigenvalue weighted by Gasteiger charge is 2.62. The zero-order valence-electron chi connectivity index (χ0n) is 14.9. The Hall–Kier alpha value is -1.25. The third kappa shape index (κ3) is 2.43. The summed E-state index contributed by atoms with van der Waals surface area (Å²) >= 11 is 0. The highest BCUT2D eigenvalue weighted by atomic mass is 16.3. The fourth-order valence-corrected chi connectivity index (χ4v) is 6.81. The van der Waals surface area contributed by atoms with Crippen LogP contribution in [0.5, 0.6) is 0 Å². The first kappa shape index (κ1) is 15.3. The number of carbonyl (C=O) groups excluding carboxylic acids is 1. The SMILES string of the molecule is Cc1ccc(C(C)NC(=O)C23CC4CC(C)(CC(C)(C4)C2)C3)o1. The lowest BCUT2D eigenvalue weighted by atomic mass is 9.40. The van der Waals surface area contributed by atoms with Gasteiger partial charge >= 0.3 is 0 Å². The summed E-state index contributed by atoms with van der Waals surface area (Å²) in [6.07, 6.45) is 7.19. The van der Waals surface area contributed by atoms with Crippen LogP contribution in [-0.2, 0) is 4.79 Å². The smallest absolute Gasteiger partial charge is 0.226 e. The fraction of sp³-hybridized carbons (Fsp3) is 0.750. The molecule has 4 fully saturated rings. The number of aryl methyl sites for hydroxylation is 1. The monoisotopic (exact) mass is 315 g/mol. The van der Waals surface area contributed by atoms with Crippen LogP contribution in [0.2, 0.25) is 0 Å². The minimum absolute atomic E-state index is 0.0511. The molecule has 1 aromatic heterocycles. The van der Waals surface area contributed by atoms with E-state index in [0.29, 0.717) is 10.8 Å². The van der Waals surface area contributed by atoms with Crippen LogP contribution >= 0.6 is 0 Å². The average molecular weight is 315 g/mol. The Kier molecular flexibility index (Phi) is 3.09. The van der Waals surface area contributed by atoms with Crippen LogP contribution in [0.15, 0.2) is 16.5 Å². The summed E-state index contributed by atoms with van der Waals surface area (Å²) in [6.45, 7) is 8.80. The molecule has 4 aliphatic carbocycles. The molecule has 1 N–H and O–H groups in total. The number of rotatable bonds is 3. The predicted octanol–water partition coefficient (Wildman–Crippen LogP) is 4.76. The lowest BCUT2D eigenvalue weighted by Gasteiger charge is -2.64. The van der Waals surface area contributed by atoms with Gasteiger partial charge in [-0.3, -0.25) is 4.79 Å². The van der Waals surface area contributed by atoms with Crippen molar-refractivity contribution in [2.24, 2.45) is 22.2 Å². The van der Waals surface area contributed by atoms with Crippen molar-refractivity contribution in [1.29, 1.82) is 0 Å². The first-order chi connectivity index (χ1) is 10.7. The van der Waals surface area contributed by atoms with Crippen LogP contribution in [-0.4, -0.2) is 5.91 Å². The Morgan fingerprint density at radius 3 is 2.35 bits per heavy atom. The molecule has 1 aromatic rings. The molecule has 1 amide bonds. The Morgan fingerprint density at radius 1 is 1.17 bits per heavy atom. The van der Waals surface area contributed by atoms with Crippen molar-refractivity contribution in [3.63, 3.8) is 0 Å². The molecule has 0 spiro atoms. The third-order valence-corrected chi connectivity index (χ3v) is 6.64. The van der Waals surface area contributed by atoms with Crippen molar-refractivity contribution in [1.82, 2.24) is 5.32 Å². The zero-order valence-corrected chi connectivity index (χ0v) is 14.9. The molecule has 4 bridgehead atoms. The molecule has 0 saturated heterocycles. The molecule has 23 heavy (non-hydrogen) atoms. The van der Waals surface area contributed by atoms with Gasteiger partial charge in [-0.25, -0.2) is 0 Å². The van der Waals surface area contributed by atoms with E-state index in [1.165, 1.54) is 19.3 Å². The molecule has 5 rings (SSSR count). The summed E-state index contributed by atoms with van der Waals surface area (Å²) in [5, 5.41) is 3.27. The third-order valence-electron chi connectivity index (χ3n) is 6.64. The Balaban J connectivity index is 1.56. The van der Waals surface area contributed by atoms with E-state index >= 15 is 0 Å². The molecule has 1 heterocycles. The maximum absolute atomic E-state index is 13.2. The number of nitrogens with one attached hydrogen (secondary N) is 1. The van der Waals surface area contributed by atoms with E-state index in [1.54, 1.807) is 0 Å². The maximum Gasteiger partial charge on any atom is 0.226 e. The second-order valence-electron chi connectivity index (χ2n) is 9.55. The molecule has 0 aromatic carbocycles. The van der Waals surface area contributed by atoms with Gasteiger partial charge in [0.05, 0.1) is 11.5 Å². The normalized spacial score (nSPS) is 42.7. The molecular weight excluding hydrogens is 286 g/mol. The lowest BCUT2D eigenvalue weighted by molar-refractivity contribution is -0.170. The standard InChI is InChI=1S/C20H29NO2/c1-13-5-6-16(23-13)14(2)21-17(22)20-9-15-7-18(3,11-20)10-19(4,8-15)12-20/h5-6,14-15H,7-12H2,1-4H3,(H,21,22). The van der Waals surface area contributed by atoms with Gasteiger partial charge in [0.1, 0.15) is 11.5 Å². The van der Waals surface area contributed by atoms with E-state index in [-0.39, 0.29) is 17.4 Å². The minimum Gasteiger partial charge on any atom is -0.464 e. The van der Waals surface area contributed by atoms with Gasteiger partial charge in [-0.2, -0.15) is 0 Å². The van der Waals surface area contributed by atoms with Crippen molar-refractivity contribution in [3.8, 4) is 0 Å². The molecule has 3 atom stereocenters. The number of furan rings is 1. The van der Waals surface area contributed by atoms with E-state index < -0.39 is 0 Å². The zero-order chi connectivity index (χ0) is 16.5. The van der Waals surface area contributed by atoms with Gasteiger partial charge in [0.25, 0.3) is 0 Å². The van der Waals surface area contributed by atoms with Crippen molar-refractivity contribution < 1.29 is 9.21 Å².